The quantitative estimate of drug-likeness (QED) is 0.509. The molecule has 6 nitrogen and oxygen atoms in total. The highest BCUT2D eigenvalue weighted by atomic mass is 32.2. The van der Waals surface area contributed by atoms with Gasteiger partial charge in [0.1, 0.15) is 4.83 Å². The lowest BCUT2D eigenvalue weighted by Crippen LogP contribution is -2.31. The molecule has 1 amide bonds. The van der Waals surface area contributed by atoms with Gasteiger partial charge in [-0.2, -0.15) is 0 Å². The normalized spacial score (nSPS) is 16.4. The fourth-order valence-corrected chi connectivity index (χ4v) is 3.98. The number of hydrazine groups is 1. The fraction of sp³-hybridized carbons (Fsp3) is 0.500. The smallest absolute Gasteiger partial charge is 0.235 e. The molecule has 0 radical (unpaired) electrons. The van der Waals surface area contributed by atoms with E-state index in [0.717, 1.165) is 16.6 Å². The number of hydrogen-bond donors (Lipinski definition) is 2. The molecule has 2 N–H and O–H groups in total. The molecular formula is C14H18N4O2S2. The number of carbonyl (C=O) groups is 1. The molecule has 0 atom stereocenters. The van der Waals surface area contributed by atoms with Gasteiger partial charge in [0.05, 0.1) is 17.6 Å². The van der Waals surface area contributed by atoms with E-state index in [9.17, 15) is 4.79 Å². The van der Waals surface area contributed by atoms with Gasteiger partial charge in [-0.25, -0.2) is 9.97 Å². The highest BCUT2D eigenvalue weighted by Crippen LogP contribution is 2.41. The molecule has 1 aliphatic heterocycles. The Kier molecular flexibility index (Phi) is 4.00. The van der Waals surface area contributed by atoms with Crippen LogP contribution in [0.4, 0.5) is 5.82 Å². The van der Waals surface area contributed by atoms with E-state index in [1.807, 2.05) is 6.26 Å². The number of ether oxygens (including phenoxy) is 1. The summed E-state index contributed by atoms with van der Waals surface area (Å²) < 4.78 is 5.88. The van der Waals surface area contributed by atoms with Gasteiger partial charge >= 0.3 is 0 Å². The zero-order valence-corrected chi connectivity index (χ0v) is 14.6. The maximum absolute atomic E-state index is 11.2. The van der Waals surface area contributed by atoms with Crippen LogP contribution < -0.4 is 10.9 Å². The van der Waals surface area contributed by atoms with E-state index in [1.165, 1.54) is 29.1 Å². The zero-order valence-electron chi connectivity index (χ0n) is 12.9. The number of nitrogens with one attached hydrogen (secondary N) is 2. The second-order valence-electron chi connectivity index (χ2n) is 5.77. The van der Waals surface area contributed by atoms with E-state index in [1.54, 1.807) is 11.3 Å². The zero-order chi connectivity index (χ0) is 15.9. The van der Waals surface area contributed by atoms with E-state index in [0.29, 0.717) is 17.6 Å². The number of anilines is 1. The highest BCUT2D eigenvalue weighted by Gasteiger charge is 2.31. The summed E-state index contributed by atoms with van der Waals surface area (Å²) in [6.07, 6.45) is 2.74. The van der Waals surface area contributed by atoms with Crippen LogP contribution in [0.3, 0.4) is 0 Å². The molecule has 0 aromatic carbocycles. The minimum atomic E-state index is -0.204. The number of thioether (sulfide) groups is 1. The Morgan fingerprint density at radius 1 is 1.41 bits per heavy atom. The Labute approximate surface area is 137 Å². The van der Waals surface area contributed by atoms with Gasteiger partial charge in [0, 0.05) is 18.2 Å². The minimum absolute atomic E-state index is 0.162. The molecule has 3 heterocycles. The van der Waals surface area contributed by atoms with Crippen molar-refractivity contribution in [2.45, 2.75) is 44.6 Å². The summed E-state index contributed by atoms with van der Waals surface area (Å²) in [6, 6.07) is 0. The number of aromatic nitrogens is 2. The van der Waals surface area contributed by atoms with Gasteiger partial charge in [-0.3, -0.25) is 15.6 Å². The van der Waals surface area contributed by atoms with Crippen molar-refractivity contribution in [1.29, 1.82) is 0 Å². The molecule has 2 aromatic rings. The van der Waals surface area contributed by atoms with E-state index in [-0.39, 0.29) is 11.5 Å². The van der Waals surface area contributed by atoms with Gasteiger partial charge in [0.15, 0.2) is 11.0 Å². The Balaban J connectivity index is 2.14. The summed E-state index contributed by atoms with van der Waals surface area (Å²) in [5, 5.41) is 1.67. The number of nitrogens with zero attached hydrogens (tertiary/aromatic N) is 2. The van der Waals surface area contributed by atoms with Crippen LogP contribution in [0.15, 0.2) is 5.16 Å². The standard InChI is InChI=1S/C14H18N4O2S2/c1-7(19)17-18-11-10-8-5-14(2,3)20-6-9(8)22-12(10)16-13(15-11)21-4/h5-6H2,1-4H3,(H,17,19)(H,15,16,18). The van der Waals surface area contributed by atoms with Gasteiger partial charge in [-0.15, -0.1) is 11.3 Å². The molecule has 0 saturated heterocycles. The van der Waals surface area contributed by atoms with Crippen molar-refractivity contribution in [2.75, 3.05) is 11.7 Å². The molecule has 0 unspecified atom stereocenters. The lowest BCUT2D eigenvalue weighted by atomic mass is 9.94. The Morgan fingerprint density at radius 2 is 2.18 bits per heavy atom. The Hall–Kier alpha value is -1.38. The second-order valence-corrected chi connectivity index (χ2v) is 7.63. The predicted octanol–water partition coefficient (Wildman–Crippen LogP) is 2.73. The lowest BCUT2D eigenvalue weighted by Gasteiger charge is -2.30. The predicted molar refractivity (Wildman–Crippen MR) is 89.2 cm³/mol. The summed E-state index contributed by atoms with van der Waals surface area (Å²) in [5.74, 6) is 0.491. The van der Waals surface area contributed by atoms with Crippen LogP contribution in [0.5, 0.6) is 0 Å². The van der Waals surface area contributed by atoms with Crippen LogP contribution in [-0.2, 0) is 22.6 Å². The highest BCUT2D eigenvalue weighted by molar-refractivity contribution is 7.98. The molecule has 0 saturated carbocycles. The number of hydrogen-bond acceptors (Lipinski definition) is 7. The molecule has 1 aliphatic rings. The third kappa shape index (κ3) is 2.90. The van der Waals surface area contributed by atoms with Crippen LogP contribution in [-0.4, -0.2) is 27.7 Å². The third-order valence-electron chi connectivity index (χ3n) is 3.45. The first-order valence-electron chi connectivity index (χ1n) is 6.92. The van der Waals surface area contributed by atoms with E-state index in [2.05, 4.69) is 34.7 Å². The van der Waals surface area contributed by atoms with Gasteiger partial charge in [-0.05, 0) is 25.7 Å². The number of thiophene rings is 1. The first kappa shape index (κ1) is 15.5. The van der Waals surface area contributed by atoms with Crippen molar-refractivity contribution in [2.24, 2.45) is 0 Å². The summed E-state index contributed by atoms with van der Waals surface area (Å²) in [4.78, 5) is 22.4. The largest absolute Gasteiger partial charge is 0.370 e. The van der Waals surface area contributed by atoms with E-state index >= 15 is 0 Å². The fourth-order valence-electron chi connectivity index (χ4n) is 2.45. The van der Waals surface area contributed by atoms with Gasteiger partial charge in [-0.1, -0.05) is 11.8 Å². The van der Waals surface area contributed by atoms with Crippen LogP contribution in [0, 0.1) is 0 Å². The molecule has 2 aromatic heterocycles. The molecule has 22 heavy (non-hydrogen) atoms. The van der Waals surface area contributed by atoms with Gasteiger partial charge < -0.3 is 4.74 Å². The van der Waals surface area contributed by atoms with Crippen LogP contribution >= 0.6 is 23.1 Å². The Bertz CT molecular complexity index is 742. The van der Waals surface area contributed by atoms with Gasteiger partial charge in [0.25, 0.3) is 0 Å². The molecule has 118 valence electrons. The molecule has 0 spiro atoms. The summed E-state index contributed by atoms with van der Waals surface area (Å²) >= 11 is 3.11. The maximum atomic E-state index is 11.2. The van der Waals surface area contributed by atoms with Crippen molar-refractivity contribution in [3.63, 3.8) is 0 Å². The molecule has 0 fully saturated rings. The Morgan fingerprint density at radius 3 is 2.86 bits per heavy atom. The van der Waals surface area contributed by atoms with Crippen LogP contribution in [0.2, 0.25) is 0 Å². The topological polar surface area (TPSA) is 76.1 Å². The first-order valence-corrected chi connectivity index (χ1v) is 8.96. The van der Waals surface area contributed by atoms with Crippen LogP contribution in [0.25, 0.3) is 10.2 Å². The van der Waals surface area contributed by atoms with Crippen LogP contribution in [0.1, 0.15) is 31.2 Å². The summed E-state index contributed by atoms with van der Waals surface area (Å²) in [5.41, 5.74) is 6.55. The third-order valence-corrected chi connectivity index (χ3v) is 5.10. The van der Waals surface area contributed by atoms with Crippen molar-refractivity contribution in [3.8, 4) is 0 Å². The second kappa shape index (κ2) is 5.68. The maximum Gasteiger partial charge on any atom is 0.235 e. The van der Waals surface area contributed by atoms with E-state index in [4.69, 9.17) is 4.74 Å². The molecule has 8 heteroatoms. The van der Waals surface area contributed by atoms with Crippen molar-refractivity contribution >= 4 is 45.0 Å². The average Bonchev–Trinajstić information content (AvgIpc) is 2.81. The average molecular weight is 338 g/mol. The molecular weight excluding hydrogens is 320 g/mol. The number of rotatable bonds is 3. The van der Waals surface area contributed by atoms with Crippen molar-refractivity contribution in [3.05, 3.63) is 10.4 Å². The van der Waals surface area contributed by atoms with Crippen molar-refractivity contribution < 1.29 is 9.53 Å². The molecule has 0 bridgehead atoms. The monoisotopic (exact) mass is 338 g/mol. The lowest BCUT2D eigenvalue weighted by molar-refractivity contribution is -0.118. The van der Waals surface area contributed by atoms with E-state index < -0.39 is 0 Å². The molecule has 3 rings (SSSR count). The molecule has 0 aliphatic carbocycles. The van der Waals surface area contributed by atoms with Crippen molar-refractivity contribution in [1.82, 2.24) is 15.4 Å². The first-order chi connectivity index (χ1) is 10.4. The SMILES string of the molecule is CSc1nc(NNC(C)=O)c2c3c(sc2n1)COC(C)(C)C3. The summed E-state index contributed by atoms with van der Waals surface area (Å²) in [7, 11) is 0. The number of fused-ring (bicyclic) bond motifs is 3. The summed E-state index contributed by atoms with van der Waals surface area (Å²) in [6.45, 7) is 6.22. The minimum Gasteiger partial charge on any atom is -0.370 e. The van der Waals surface area contributed by atoms with Gasteiger partial charge in [0.2, 0.25) is 5.91 Å². The number of carbonyl (C=O) groups excluding carboxylic acids is 1. The number of amides is 1.